The highest BCUT2D eigenvalue weighted by molar-refractivity contribution is 7.13. The summed E-state index contributed by atoms with van der Waals surface area (Å²) in [6, 6.07) is 11.2. The smallest absolute Gasteiger partial charge is 0.257 e. The molecule has 0 unspecified atom stereocenters. The van der Waals surface area contributed by atoms with E-state index in [0.29, 0.717) is 27.8 Å². The summed E-state index contributed by atoms with van der Waals surface area (Å²) in [5.41, 5.74) is 2.29. The zero-order valence-corrected chi connectivity index (χ0v) is 15.6. The molecule has 3 aromatic rings. The minimum absolute atomic E-state index is 0.0370. The number of carbonyl (C=O) groups is 1. The monoisotopic (exact) mass is 387 g/mol. The van der Waals surface area contributed by atoms with Crippen molar-refractivity contribution in [3.05, 3.63) is 64.9 Å². The molecule has 27 heavy (non-hydrogen) atoms. The predicted molar refractivity (Wildman–Crippen MR) is 101 cm³/mol. The summed E-state index contributed by atoms with van der Waals surface area (Å²) in [5.74, 6) is 0.176. The van der Waals surface area contributed by atoms with Gasteiger partial charge in [-0.1, -0.05) is 29.5 Å². The van der Waals surface area contributed by atoms with Crippen LogP contribution in [0.2, 0.25) is 0 Å². The highest BCUT2D eigenvalue weighted by atomic mass is 32.1. The second-order valence-corrected chi connectivity index (χ2v) is 6.77. The molecule has 0 bridgehead atoms. The van der Waals surface area contributed by atoms with Crippen LogP contribution in [0.4, 0.5) is 9.52 Å². The Labute approximate surface area is 160 Å². The van der Waals surface area contributed by atoms with Crippen molar-refractivity contribution < 1.29 is 18.7 Å². The molecule has 0 fully saturated rings. The molecule has 2 aromatic carbocycles. The molecule has 6 nitrogen and oxygen atoms in total. The first-order chi connectivity index (χ1) is 13.0. The van der Waals surface area contributed by atoms with Gasteiger partial charge in [0.1, 0.15) is 29.4 Å². The van der Waals surface area contributed by atoms with E-state index in [1.165, 1.54) is 22.9 Å². The number of ether oxygens (including phenoxy) is 2. The summed E-state index contributed by atoms with van der Waals surface area (Å²) in [5, 5.41) is 10.5. The van der Waals surface area contributed by atoms with Crippen molar-refractivity contribution >= 4 is 22.4 Å². The molecule has 0 saturated carbocycles. The lowest BCUT2D eigenvalue weighted by Crippen LogP contribution is -2.13. The maximum absolute atomic E-state index is 13.8. The van der Waals surface area contributed by atoms with Crippen LogP contribution >= 0.6 is 11.3 Å². The lowest BCUT2D eigenvalue weighted by molar-refractivity contribution is 0.102. The van der Waals surface area contributed by atoms with Gasteiger partial charge in [0.25, 0.3) is 5.91 Å². The first kappa shape index (κ1) is 18.8. The van der Waals surface area contributed by atoms with Crippen LogP contribution in [0.1, 0.15) is 29.8 Å². The minimum Gasteiger partial charge on any atom is -0.491 e. The minimum atomic E-state index is -0.364. The number of aromatic nitrogens is 2. The van der Waals surface area contributed by atoms with Gasteiger partial charge in [0.05, 0.1) is 6.10 Å². The zero-order valence-electron chi connectivity index (χ0n) is 14.8. The van der Waals surface area contributed by atoms with E-state index in [-0.39, 0.29) is 24.4 Å². The van der Waals surface area contributed by atoms with E-state index in [0.717, 1.165) is 0 Å². The van der Waals surface area contributed by atoms with E-state index in [2.05, 4.69) is 15.5 Å². The van der Waals surface area contributed by atoms with Gasteiger partial charge in [-0.15, -0.1) is 10.2 Å². The van der Waals surface area contributed by atoms with Crippen molar-refractivity contribution in [3.8, 4) is 11.5 Å². The van der Waals surface area contributed by atoms with E-state index in [1.54, 1.807) is 36.4 Å². The molecule has 8 heteroatoms. The van der Waals surface area contributed by atoms with Crippen LogP contribution in [-0.4, -0.2) is 22.2 Å². The largest absolute Gasteiger partial charge is 0.491 e. The topological polar surface area (TPSA) is 73.3 Å². The van der Waals surface area contributed by atoms with Gasteiger partial charge in [-0.3, -0.25) is 10.1 Å². The standard InChI is InChI=1S/C19H18FN3O3S/c1-12(2)26-16-8-14(18(24)22-19-23-21-11-27-19)7-15(9-16)25-10-13-5-3-4-6-17(13)20/h3-9,11-12H,10H2,1-2H3,(H,22,23,24). The van der Waals surface area contributed by atoms with Crippen LogP contribution in [0.5, 0.6) is 11.5 Å². The maximum atomic E-state index is 13.8. The number of halogens is 1. The number of nitrogens with one attached hydrogen (secondary N) is 1. The van der Waals surface area contributed by atoms with Gasteiger partial charge in [-0.2, -0.15) is 0 Å². The Kier molecular flexibility index (Phi) is 5.97. The molecule has 0 aliphatic rings. The number of benzene rings is 2. The third-order valence-corrected chi connectivity index (χ3v) is 4.05. The Balaban J connectivity index is 1.81. The van der Waals surface area contributed by atoms with Crippen LogP contribution in [-0.2, 0) is 6.61 Å². The molecular weight excluding hydrogens is 369 g/mol. The van der Waals surface area contributed by atoms with Gasteiger partial charge < -0.3 is 9.47 Å². The first-order valence-electron chi connectivity index (χ1n) is 8.27. The third kappa shape index (κ3) is 5.24. The van der Waals surface area contributed by atoms with Crippen molar-refractivity contribution in [2.75, 3.05) is 5.32 Å². The Morgan fingerprint density at radius 2 is 2.00 bits per heavy atom. The Morgan fingerprint density at radius 3 is 2.70 bits per heavy atom. The first-order valence-corrected chi connectivity index (χ1v) is 9.14. The Bertz CT molecular complexity index is 916. The van der Waals surface area contributed by atoms with Gasteiger partial charge in [-0.25, -0.2) is 4.39 Å². The summed E-state index contributed by atoms with van der Waals surface area (Å²) >= 11 is 1.22. The number of nitrogens with zero attached hydrogens (tertiary/aromatic N) is 2. The zero-order chi connectivity index (χ0) is 19.2. The Hall–Kier alpha value is -3.00. The predicted octanol–water partition coefficient (Wildman–Crippen LogP) is 4.30. The number of hydrogen-bond donors (Lipinski definition) is 1. The summed E-state index contributed by atoms with van der Waals surface area (Å²) in [4.78, 5) is 12.5. The van der Waals surface area contributed by atoms with Crippen LogP contribution in [0, 0.1) is 5.82 Å². The summed E-state index contributed by atoms with van der Waals surface area (Å²) < 4.78 is 25.2. The molecule has 0 spiro atoms. The normalized spacial score (nSPS) is 10.7. The quantitative estimate of drug-likeness (QED) is 0.654. The molecule has 1 amide bonds. The lowest BCUT2D eigenvalue weighted by atomic mass is 10.2. The van der Waals surface area contributed by atoms with Gasteiger partial charge in [0.2, 0.25) is 5.13 Å². The average molecular weight is 387 g/mol. The van der Waals surface area contributed by atoms with E-state index < -0.39 is 0 Å². The van der Waals surface area contributed by atoms with Crippen LogP contribution in [0.25, 0.3) is 0 Å². The maximum Gasteiger partial charge on any atom is 0.257 e. The number of carbonyl (C=O) groups excluding carboxylic acids is 1. The highest BCUT2D eigenvalue weighted by Gasteiger charge is 2.13. The molecule has 0 aliphatic heterocycles. The van der Waals surface area contributed by atoms with Crippen LogP contribution in [0.3, 0.4) is 0 Å². The van der Waals surface area contributed by atoms with Crippen LogP contribution in [0.15, 0.2) is 48.0 Å². The lowest BCUT2D eigenvalue weighted by Gasteiger charge is -2.14. The van der Waals surface area contributed by atoms with Crippen molar-refractivity contribution in [3.63, 3.8) is 0 Å². The number of rotatable bonds is 7. The van der Waals surface area contributed by atoms with Crippen molar-refractivity contribution in [2.24, 2.45) is 0 Å². The number of amides is 1. The second kappa shape index (κ2) is 8.59. The molecule has 0 saturated heterocycles. The van der Waals surface area contributed by atoms with Gasteiger partial charge >= 0.3 is 0 Å². The Morgan fingerprint density at radius 1 is 1.22 bits per heavy atom. The second-order valence-electron chi connectivity index (χ2n) is 5.94. The fourth-order valence-corrected chi connectivity index (χ4v) is 2.74. The third-order valence-electron chi connectivity index (χ3n) is 3.45. The van der Waals surface area contributed by atoms with Crippen LogP contribution < -0.4 is 14.8 Å². The SMILES string of the molecule is CC(C)Oc1cc(OCc2ccccc2F)cc(C(=O)Nc2nncs2)c1. The van der Waals surface area contributed by atoms with Crippen molar-refractivity contribution in [1.29, 1.82) is 0 Å². The number of anilines is 1. The fourth-order valence-electron chi connectivity index (χ4n) is 2.30. The summed E-state index contributed by atoms with van der Waals surface area (Å²) in [6.45, 7) is 3.80. The fraction of sp³-hybridized carbons (Fsp3) is 0.211. The van der Waals surface area contributed by atoms with Crippen molar-refractivity contribution in [2.45, 2.75) is 26.6 Å². The van der Waals surface area contributed by atoms with E-state index in [1.807, 2.05) is 13.8 Å². The molecule has 0 aliphatic carbocycles. The molecule has 0 radical (unpaired) electrons. The summed E-state index contributed by atoms with van der Waals surface area (Å²) in [6.07, 6.45) is -0.0779. The molecule has 3 rings (SSSR count). The van der Waals surface area contributed by atoms with Gasteiger partial charge in [0, 0.05) is 17.2 Å². The highest BCUT2D eigenvalue weighted by Crippen LogP contribution is 2.26. The molecule has 0 atom stereocenters. The molecule has 1 N–H and O–H groups in total. The van der Waals surface area contributed by atoms with E-state index in [9.17, 15) is 9.18 Å². The molecule has 140 valence electrons. The molecular formula is C19H18FN3O3S. The molecule has 1 heterocycles. The van der Waals surface area contributed by atoms with Gasteiger partial charge in [-0.05, 0) is 32.0 Å². The summed E-state index contributed by atoms with van der Waals surface area (Å²) in [7, 11) is 0. The van der Waals surface area contributed by atoms with Crippen molar-refractivity contribution in [1.82, 2.24) is 10.2 Å². The van der Waals surface area contributed by atoms with E-state index >= 15 is 0 Å². The van der Waals surface area contributed by atoms with E-state index in [4.69, 9.17) is 9.47 Å². The average Bonchev–Trinajstić information content (AvgIpc) is 3.13. The molecule has 1 aromatic heterocycles. The number of hydrogen-bond acceptors (Lipinski definition) is 6. The van der Waals surface area contributed by atoms with Gasteiger partial charge in [0.15, 0.2) is 0 Å².